The summed E-state index contributed by atoms with van der Waals surface area (Å²) in [5.74, 6) is 0. The van der Waals surface area contributed by atoms with Gasteiger partial charge in [-0.15, -0.1) is 0 Å². The quantitative estimate of drug-likeness (QED) is 0.798. The molecule has 0 bridgehead atoms. The smallest absolute Gasteiger partial charge is 0.243 e. The second kappa shape index (κ2) is 7.22. The number of hydrogen-bond acceptors (Lipinski definition) is 4. The van der Waals surface area contributed by atoms with Crippen LogP contribution in [0.4, 0.5) is 5.69 Å². The summed E-state index contributed by atoms with van der Waals surface area (Å²) in [5, 5.41) is 9.94. The second-order valence-corrected chi connectivity index (χ2v) is 8.41. The lowest BCUT2D eigenvalue weighted by Gasteiger charge is -2.35. The first-order chi connectivity index (χ1) is 11.9. The zero-order valence-electron chi connectivity index (χ0n) is 13.2. The third kappa shape index (κ3) is 3.75. The first-order valence-electron chi connectivity index (χ1n) is 7.62. The van der Waals surface area contributed by atoms with Gasteiger partial charge in [-0.05, 0) is 36.4 Å². The van der Waals surface area contributed by atoms with Gasteiger partial charge < -0.3 is 4.90 Å². The monoisotopic (exact) mass is 395 g/mol. The van der Waals surface area contributed by atoms with Crippen molar-refractivity contribution in [3.8, 4) is 6.07 Å². The number of anilines is 1. The molecule has 0 aliphatic carbocycles. The standard InChI is InChI=1S/C17H15Cl2N3O2S/c18-14-2-1-3-15(11-14)21-6-8-22(9-7-21)25(23,24)16-4-5-17(19)13(10-16)12-20/h1-5,10-11H,6-9H2. The Kier molecular flexibility index (Phi) is 5.21. The van der Waals surface area contributed by atoms with Gasteiger partial charge in [0.05, 0.1) is 15.5 Å². The van der Waals surface area contributed by atoms with Crippen LogP contribution in [0.5, 0.6) is 0 Å². The van der Waals surface area contributed by atoms with E-state index >= 15 is 0 Å². The van der Waals surface area contributed by atoms with E-state index in [1.54, 1.807) is 6.07 Å². The van der Waals surface area contributed by atoms with Gasteiger partial charge in [-0.1, -0.05) is 29.3 Å². The molecule has 0 amide bonds. The van der Waals surface area contributed by atoms with Crippen molar-refractivity contribution in [3.63, 3.8) is 0 Å². The van der Waals surface area contributed by atoms with E-state index in [0.717, 1.165) is 5.69 Å². The normalized spacial score (nSPS) is 15.8. The minimum absolute atomic E-state index is 0.0876. The van der Waals surface area contributed by atoms with Crippen LogP contribution in [0, 0.1) is 11.3 Å². The predicted molar refractivity (Wildman–Crippen MR) is 98.6 cm³/mol. The molecule has 0 unspecified atom stereocenters. The summed E-state index contributed by atoms with van der Waals surface area (Å²) in [6.45, 7) is 1.86. The lowest BCUT2D eigenvalue weighted by molar-refractivity contribution is 0.385. The van der Waals surface area contributed by atoms with Crippen LogP contribution < -0.4 is 4.90 Å². The summed E-state index contributed by atoms with van der Waals surface area (Å²) in [4.78, 5) is 2.19. The van der Waals surface area contributed by atoms with E-state index in [4.69, 9.17) is 28.5 Å². The number of piperazine rings is 1. The topological polar surface area (TPSA) is 64.4 Å². The number of rotatable bonds is 3. The Hall–Kier alpha value is -1.78. The third-order valence-electron chi connectivity index (χ3n) is 4.11. The lowest BCUT2D eigenvalue weighted by atomic mass is 10.2. The van der Waals surface area contributed by atoms with Gasteiger partial charge in [-0.25, -0.2) is 8.42 Å². The molecule has 130 valence electrons. The van der Waals surface area contributed by atoms with Crippen LogP contribution in [0.1, 0.15) is 5.56 Å². The van der Waals surface area contributed by atoms with Crippen LogP contribution in [0.15, 0.2) is 47.4 Å². The predicted octanol–water partition coefficient (Wildman–Crippen LogP) is 3.38. The van der Waals surface area contributed by atoms with Gasteiger partial charge in [0.1, 0.15) is 6.07 Å². The molecule has 0 atom stereocenters. The number of hydrogen-bond donors (Lipinski definition) is 0. The average Bonchev–Trinajstić information content (AvgIpc) is 2.62. The van der Waals surface area contributed by atoms with Crippen molar-refractivity contribution in [2.24, 2.45) is 0 Å². The van der Waals surface area contributed by atoms with Crippen molar-refractivity contribution in [1.82, 2.24) is 4.31 Å². The fourth-order valence-electron chi connectivity index (χ4n) is 2.76. The molecular formula is C17H15Cl2N3O2S. The Balaban J connectivity index is 1.77. The minimum Gasteiger partial charge on any atom is -0.369 e. The molecule has 1 fully saturated rings. The molecule has 0 aromatic heterocycles. The van der Waals surface area contributed by atoms with E-state index in [-0.39, 0.29) is 15.5 Å². The van der Waals surface area contributed by atoms with Crippen molar-refractivity contribution in [3.05, 3.63) is 58.1 Å². The maximum absolute atomic E-state index is 12.8. The summed E-state index contributed by atoms with van der Waals surface area (Å²) in [5.41, 5.74) is 1.13. The van der Waals surface area contributed by atoms with Crippen molar-refractivity contribution >= 4 is 38.9 Å². The maximum Gasteiger partial charge on any atom is 0.243 e. The largest absolute Gasteiger partial charge is 0.369 e. The van der Waals surface area contributed by atoms with Crippen molar-refractivity contribution in [1.29, 1.82) is 5.26 Å². The molecule has 2 aromatic carbocycles. The highest BCUT2D eigenvalue weighted by Crippen LogP contribution is 2.25. The highest BCUT2D eigenvalue weighted by molar-refractivity contribution is 7.89. The number of sulfonamides is 1. The molecule has 8 heteroatoms. The Labute approximate surface area is 157 Å². The molecule has 0 saturated carbocycles. The van der Waals surface area contributed by atoms with E-state index in [2.05, 4.69) is 4.90 Å². The Morgan fingerprint density at radius 1 is 1.00 bits per heavy atom. The van der Waals surface area contributed by atoms with E-state index < -0.39 is 10.0 Å². The highest BCUT2D eigenvalue weighted by Gasteiger charge is 2.29. The molecule has 1 heterocycles. The van der Waals surface area contributed by atoms with Gasteiger partial charge in [-0.2, -0.15) is 9.57 Å². The molecule has 3 rings (SSSR count). The Morgan fingerprint density at radius 3 is 2.36 bits per heavy atom. The Morgan fingerprint density at radius 2 is 1.72 bits per heavy atom. The zero-order chi connectivity index (χ0) is 18.0. The zero-order valence-corrected chi connectivity index (χ0v) is 15.5. The maximum atomic E-state index is 12.8. The van der Waals surface area contributed by atoms with Crippen LogP contribution >= 0.6 is 23.2 Å². The highest BCUT2D eigenvalue weighted by atomic mass is 35.5. The summed E-state index contributed by atoms with van der Waals surface area (Å²) >= 11 is 11.9. The SMILES string of the molecule is N#Cc1cc(S(=O)(=O)N2CCN(c3cccc(Cl)c3)CC2)ccc1Cl. The molecule has 5 nitrogen and oxygen atoms in total. The molecule has 25 heavy (non-hydrogen) atoms. The molecule has 1 aliphatic rings. The third-order valence-corrected chi connectivity index (χ3v) is 6.57. The summed E-state index contributed by atoms with van der Waals surface area (Å²) < 4.78 is 27.0. The van der Waals surface area contributed by atoms with Crippen molar-refractivity contribution < 1.29 is 8.42 Å². The van der Waals surface area contributed by atoms with Crippen LogP contribution in [0.2, 0.25) is 10.0 Å². The number of nitriles is 1. The van der Waals surface area contributed by atoms with Gasteiger partial charge in [0, 0.05) is 36.9 Å². The fraction of sp³-hybridized carbons (Fsp3) is 0.235. The number of nitrogens with zero attached hydrogens (tertiary/aromatic N) is 3. The van der Waals surface area contributed by atoms with Crippen LogP contribution in [-0.4, -0.2) is 38.9 Å². The van der Waals surface area contributed by atoms with Crippen LogP contribution in [0.25, 0.3) is 0 Å². The van der Waals surface area contributed by atoms with E-state index in [1.165, 1.54) is 22.5 Å². The van der Waals surface area contributed by atoms with Gasteiger partial charge in [0.15, 0.2) is 0 Å². The molecule has 1 saturated heterocycles. The Bertz CT molecular complexity index is 933. The average molecular weight is 396 g/mol. The first-order valence-corrected chi connectivity index (χ1v) is 9.82. The molecule has 0 spiro atoms. The van der Waals surface area contributed by atoms with Gasteiger partial charge in [0.2, 0.25) is 10.0 Å². The molecule has 1 aliphatic heterocycles. The molecular weight excluding hydrogens is 381 g/mol. The molecule has 2 aromatic rings. The second-order valence-electron chi connectivity index (χ2n) is 5.62. The van der Waals surface area contributed by atoms with E-state index in [1.807, 2.05) is 24.3 Å². The minimum atomic E-state index is -3.65. The van der Waals surface area contributed by atoms with Gasteiger partial charge in [-0.3, -0.25) is 0 Å². The van der Waals surface area contributed by atoms with Gasteiger partial charge >= 0.3 is 0 Å². The first kappa shape index (κ1) is 18.0. The summed E-state index contributed by atoms with van der Waals surface area (Å²) in [6, 6.07) is 13.6. The van der Waals surface area contributed by atoms with Crippen molar-refractivity contribution in [2.75, 3.05) is 31.1 Å². The lowest BCUT2D eigenvalue weighted by Crippen LogP contribution is -2.48. The molecule has 0 N–H and O–H groups in total. The van der Waals surface area contributed by atoms with Crippen molar-refractivity contribution in [2.45, 2.75) is 4.90 Å². The van der Waals surface area contributed by atoms with Crippen LogP contribution in [0.3, 0.4) is 0 Å². The van der Waals surface area contributed by atoms with Crippen LogP contribution in [-0.2, 0) is 10.0 Å². The summed E-state index contributed by atoms with van der Waals surface area (Å²) in [7, 11) is -3.65. The number of benzene rings is 2. The van der Waals surface area contributed by atoms with E-state index in [0.29, 0.717) is 31.2 Å². The molecule has 0 radical (unpaired) electrons. The van der Waals surface area contributed by atoms with Gasteiger partial charge in [0.25, 0.3) is 0 Å². The fourth-order valence-corrected chi connectivity index (χ4v) is 4.55. The van der Waals surface area contributed by atoms with E-state index in [9.17, 15) is 8.42 Å². The number of halogens is 2. The summed E-state index contributed by atoms with van der Waals surface area (Å²) in [6.07, 6.45) is 0.